The molecular weight excluding hydrogens is 328 g/mol. The van der Waals surface area contributed by atoms with Crippen LogP contribution < -0.4 is 0 Å². The predicted octanol–water partition coefficient (Wildman–Crippen LogP) is 4.03. The zero-order valence-electron chi connectivity index (χ0n) is 15.4. The first-order chi connectivity index (χ1) is 12.4. The molecule has 136 valence electrons. The number of carbonyl (C=O) groups excluding carboxylic acids is 1. The highest BCUT2D eigenvalue weighted by Crippen LogP contribution is 2.34. The zero-order chi connectivity index (χ0) is 18.3. The van der Waals surface area contributed by atoms with Gasteiger partial charge in [-0.1, -0.05) is 24.3 Å². The molecule has 2 aromatic rings. The quantitative estimate of drug-likeness (QED) is 0.778. The number of fused-ring (bicyclic) bond motifs is 3. The third kappa shape index (κ3) is 3.31. The summed E-state index contributed by atoms with van der Waals surface area (Å²) in [5, 5.41) is 1.13. The zero-order valence-corrected chi connectivity index (χ0v) is 15.4. The highest BCUT2D eigenvalue weighted by molar-refractivity contribution is 5.84. The summed E-state index contributed by atoms with van der Waals surface area (Å²) in [5.41, 5.74) is 2.90. The summed E-state index contributed by atoms with van der Waals surface area (Å²) in [6.45, 7) is 6.73. The molecule has 0 N–H and O–H groups in total. The van der Waals surface area contributed by atoms with Crippen molar-refractivity contribution in [2.75, 3.05) is 13.2 Å². The third-order valence-electron chi connectivity index (χ3n) is 4.78. The van der Waals surface area contributed by atoms with E-state index in [1.54, 1.807) is 0 Å². The molecule has 2 aliphatic rings. The van der Waals surface area contributed by atoms with Crippen molar-refractivity contribution >= 4 is 22.6 Å². The van der Waals surface area contributed by atoms with Gasteiger partial charge in [-0.25, -0.2) is 4.79 Å². The maximum atomic E-state index is 12.7. The van der Waals surface area contributed by atoms with Crippen molar-refractivity contribution in [3.05, 3.63) is 48.2 Å². The molecule has 5 heteroatoms. The van der Waals surface area contributed by atoms with Crippen LogP contribution in [0.1, 0.15) is 32.8 Å². The van der Waals surface area contributed by atoms with E-state index in [0.717, 1.165) is 22.9 Å². The van der Waals surface area contributed by atoms with Crippen molar-refractivity contribution in [1.29, 1.82) is 0 Å². The Labute approximate surface area is 153 Å². The molecule has 1 saturated heterocycles. The summed E-state index contributed by atoms with van der Waals surface area (Å²) in [7, 11) is 0. The fourth-order valence-electron chi connectivity index (χ4n) is 3.68. The van der Waals surface area contributed by atoms with E-state index in [2.05, 4.69) is 35.3 Å². The van der Waals surface area contributed by atoms with Crippen LogP contribution in [-0.2, 0) is 9.47 Å². The molecule has 1 amide bonds. The predicted molar refractivity (Wildman–Crippen MR) is 101 cm³/mol. The lowest BCUT2D eigenvalue weighted by atomic mass is 9.89. The number of morpholine rings is 1. The normalized spacial score (nSPS) is 22.9. The molecule has 2 aliphatic heterocycles. The van der Waals surface area contributed by atoms with Crippen LogP contribution in [0, 0.1) is 0 Å². The lowest BCUT2D eigenvalue weighted by Crippen LogP contribution is -2.57. The Morgan fingerprint density at radius 3 is 2.88 bits per heavy atom. The maximum absolute atomic E-state index is 12.7. The fourth-order valence-corrected chi connectivity index (χ4v) is 3.68. The summed E-state index contributed by atoms with van der Waals surface area (Å²) in [6.07, 6.45) is 4.46. The number of pyridine rings is 1. The summed E-state index contributed by atoms with van der Waals surface area (Å²) < 4.78 is 11.3. The van der Waals surface area contributed by atoms with Crippen LogP contribution >= 0.6 is 0 Å². The SMILES string of the molecule is CC(C)(C)OC(=O)N1C2C=C(c3ccc4cccnc4c3)CC1COC2. The van der Waals surface area contributed by atoms with E-state index >= 15 is 0 Å². The molecule has 2 atom stereocenters. The van der Waals surface area contributed by atoms with Gasteiger partial charge in [0.2, 0.25) is 0 Å². The van der Waals surface area contributed by atoms with Crippen molar-refractivity contribution < 1.29 is 14.3 Å². The number of carbonyl (C=O) groups is 1. The average Bonchev–Trinajstić information content (AvgIpc) is 2.58. The van der Waals surface area contributed by atoms with Crippen molar-refractivity contribution in [2.45, 2.75) is 44.9 Å². The van der Waals surface area contributed by atoms with Gasteiger partial charge in [0.05, 0.1) is 30.8 Å². The minimum atomic E-state index is -0.500. The lowest BCUT2D eigenvalue weighted by Gasteiger charge is -2.44. The van der Waals surface area contributed by atoms with Crippen LogP contribution in [0.2, 0.25) is 0 Å². The van der Waals surface area contributed by atoms with Gasteiger partial charge in [-0.2, -0.15) is 0 Å². The highest BCUT2D eigenvalue weighted by Gasteiger charge is 2.40. The van der Waals surface area contributed by atoms with E-state index in [1.165, 1.54) is 5.57 Å². The molecule has 2 bridgehead atoms. The molecule has 2 unspecified atom stereocenters. The van der Waals surface area contributed by atoms with Gasteiger partial charge in [-0.15, -0.1) is 0 Å². The molecule has 5 nitrogen and oxygen atoms in total. The van der Waals surface area contributed by atoms with Gasteiger partial charge in [-0.05, 0) is 50.5 Å². The molecule has 0 saturated carbocycles. The Morgan fingerprint density at radius 2 is 2.12 bits per heavy atom. The fraction of sp³-hybridized carbons (Fsp3) is 0.429. The van der Waals surface area contributed by atoms with Crippen LogP contribution in [0.3, 0.4) is 0 Å². The van der Waals surface area contributed by atoms with Gasteiger partial charge >= 0.3 is 6.09 Å². The molecule has 26 heavy (non-hydrogen) atoms. The second-order valence-electron chi connectivity index (χ2n) is 7.95. The molecule has 3 heterocycles. The van der Waals surface area contributed by atoms with Crippen LogP contribution in [0.25, 0.3) is 16.5 Å². The largest absolute Gasteiger partial charge is 0.444 e. The number of aromatic nitrogens is 1. The molecule has 0 aliphatic carbocycles. The Balaban J connectivity index is 1.64. The van der Waals surface area contributed by atoms with Crippen molar-refractivity contribution in [1.82, 2.24) is 9.88 Å². The monoisotopic (exact) mass is 352 g/mol. The first-order valence-corrected chi connectivity index (χ1v) is 9.06. The van der Waals surface area contributed by atoms with E-state index in [1.807, 2.05) is 37.9 Å². The van der Waals surface area contributed by atoms with Crippen LogP contribution in [-0.4, -0.2) is 46.9 Å². The van der Waals surface area contributed by atoms with Crippen LogP contribution in [0.5, 0.6) is 0 Å². The molecule has 1 fully saturated rings. The number of nitrogens with zero attached hydrogens (tertiary/aromatic N) is 2. The Kier molecular flexibility index (Phi) is 4.19. The van der Waals surface area contributed by atoms with E-state index in [0.29, 0.717) is 13.2 Å². The third-order valence-corrected chi connectivity index (χ3v) is 4.78. The van der Waals surface area contributed by atoms with Gasteiger partial charge < -0.3 is 9.47 Å². The van der Waals surface area contributed by atoms with Crippen molar-refractivity contribution in [2.24, 2.45) is 0 Å². The van der Waals surface area contributed by atoms with Crippen LogP contribution in [0.15, 0.2) is 42.6 Å². The number of rotatable bonds is 1. The summed E-state index contributed by atoms with van der Waals surface area (Å²) >= 11 is 0. The van der Waals surface area contributed by atoms with Crippen molar-refractivity contribution in [3.8, 4) is 0 Å². The van der Waals surface area contributed by atoms with E-state index in [-0.39, 0.29) is 18.2 Å². The minimum absolute atomic E-state index is 0.00281. The number of hydrogen-bond donors (Lipinski definition) is 0. The summed E-state index contributed by atoms with van der Waals surface area (Å²) in [5.74, 6) is 0. The first-order valence-electron chi connectivity index (χ1n) is 9.06. The smallest absolute Gasteiger partial charge is 0.411 e. The van der Waals surface area contributed by atoms with Gasteiger partial charge in [-0.3, -0.25) is 9.88 Å². The Bertz CT molecular complexity index is 869. The Hall–Kier alpha value is -2.40. The summed E-state index contributed by atoms with van der Waals surface area (Å²) in [6, 6.07) is 10.3. The second-order valence-corrected chi connectivity index (χ2v) is 7.95. The highest BCUT2D eigenvalue weighted by atomic mass is 16.6. The lowest BCUT2D eigenvalue weighted by molar-refractivity contribution is -0.0510. The molecule has 4 rings (SSSR count). The number of benzene rings is 1. The maximum Gasteiger partial charge on any atom is 0.411 e. The topological polar surface area (TPSA) is 51.7 Å². The van der Waals surface area contributed by atoms with Gasteiger partial charge in [0.1, 0.15) is 5.60 Å². The molecule has 0 radical (unpaired) electrons. The number of amides is 1. The molecular formula is C21H24N2O3. The standard InChI is InChI=1S/C21H24N2O3/c1-21(2,3)26-20(24)23-17-9-16(10-18(23)13-25-12-17)15-7-6-14-5-4-8-22-19(14)11-15/h4-9,11,17-18H,10,12-13H2,1-3H3. The second kappa shape index (κ2) is 6.40. The van der Waals surface area contributed by atoms with Crippen molar-refractivity contribution in [3.63, 3.8) is 0 Å². The number of ether oxygens (including phenoxy) is 2. The molecule has 1 aromatic carbocycles. The molecule has 0 spiro atoms. The van der Waals surface area contributed by atoms with Gasteiger partial charge in [0.15, 0.2) is 0 Å². The number of hydrogen-bond acceptors (Lipinski definition) is 4. The molecule has 1 aromatic heterocycles. The van der Waals surface area contributed by atoms with Gasteiger partial charge in [0, 0.05) is 11.6 Å². The van der Waals surface area contributed by atoms with E-state index in [4.69, 9.17) is 9.47 Å². The first kappa shape index (κ1) is 17.0. The summed E-state index contributed by atoms with van der Waals surface area (Å²) in [4.78, 5) is 19.0. The van der Waals surface area contributed by atoms with E-state index < -0.39 is 5.60 Å². The minimum Gasteiger partial charge on any atom is -0.444 e. The average molecular weight is 352 g/mol. The van der Waals surface area contributed by atoms with E-state index in [9.17, 15) is 4.79 Å². The Morgan fingerprint density at radius 1 is 1.27 bits per heavy atom. The van der Waals surface area contributed by atoms with Crippen LogP contribution in [0.4, 0.5) is 4.79 Å². The van der Waals surface area contributed by atoms with Gasteiger partial charge in [0.25, 0.3) is 0 Å².